The fourth-order valence-corrected chi connectivity index (χ4v) is 5.52. The van der Waals surface area contributed by atoms with Crippen LogP contribution < -0.4 is 5.32 Å². The average Bonchev–Trinajstić information content (AvgIpc) is 3.20. The standard InChI is InChI=1S/C22H20FN5O2S2/c1-13-10-17(18(23)14(2)25-13)20-19(16-5-3-4-15(11-16)12-24)26-21(31-20)27-22(29)28-6-8-32(30)9-7-28/h3-5,10-11H,6-9H2,1-2H3,(H,26,27,29). The van der Waals surface area contributed by atoms with Crippen LogP contribution in [0.15, 0.2) is 30.3 Å². The molecule has 0 unspecified atom stereocenters. The van der Waals surface area contributed by atoms with E-state index in [0.29, 0.717) is 62.7 Å². The van der Waals surface area contributed by atoms with E-state index in [0.717, 1.165) is 11.3 Å². The Morgan fingerprint density at radius 2 is 2.00 bits per heavy atom. The second kappa shape index (κ2) is 9.14. The van der Waals surface area contributed by atoms with Crippen molar-refractivity contribution in [2.24, 2.45) is 0 Å². The Labute approximate surface area is 191 Å². The highest BCUT2D eigenvalue weighted by Gasteiger charge is 2.24. The number of anilines is 1. The highest BCUT2D eigenvalue weighted by atomic mass is 32.2. The fourth-order valence-electron chi connectivity index (χ4n) is 3.48. The number of nitriles is 1. The van der Waals surface area contributed by atoms with Gasteiger partial charge in [0.15, 0.2) is 10.9 Å². The predicted octanol–water partition coefficient (Wildman–Crippen LogP) is 4.10. The molecule has 1 fully saturated rings. The third-order valence-corrected chi connectivity index (χ3v) is 7.35. The number of aromatic nitrogens is 2. The summed E-state index contributed by atoms with van der Waals surface area (Å²) in [4.78, 5) is 23.6. The first-order valence-corrected chi connectivity index (χ1v) is 12.2. The van der Waals surface area contributed by atoms with Crippen LogP contribution in [0.3, 0.4) is 0 Å². The number of amides is 2. The van der Waals surface area contributed by atoms with Crippen molar-refractivity contribution in [3.8, 4) is 27.8 Å². The maximum atomic E-state index is 15.0. The van der Waals surface area contributed by atoms with Gasteiger partial charge >= 0.3 is 6.03 Å². The molecule has 3 aromatic rings. The molecular weight excluding hydrogens is 449 g/mol. The number of nitrogens with one attached hydrogen (secondary N) is 1. The van der Waals surface area contributed by atoms with Gasteiger partial charge in [-0.1, -0.05) is 23.5 Å². The average molecular weight is 470 g/mol. The molecule has 0 bridgehead atoms. The predicted molar refractivity (Wildman–Crippen MR) is 123 cm³/mol. The molecule has 2 aromatic heterocycles. The van der Waals surface area contributed by atoms with Crippen LogP contribution >= 0.6 is 11.3 Å². The van der Waals surface area contributed by atoms with E-state index in [1.807, 2.05) is 0 Å². The van der Waals surface area contributed by atoms with Gasteiger partial charge in [-0.05, 0) is 32.0 Å². The van der Waals surface area contributed by atoms with Crippen LogP contribution in [-0.4, -0.2) is 49.7 Å². The van der Waals surface area contributed by atoms with E-state index in [2.05, 4.69) is 21.4 Å². The molecule has 1 aromatic carbocycles. The minimum Gasteiger partial charge on any atom is -0.323 e. The van der Waals surface area contributed by atoms with Crippen molar-refractivity contribution in [3.05, 3.63) is 53.1 Å². The molecule has 1 aliphatic rings. The van der Waals surface area contributed by atoms with Crippen molar-refractivity contribution >= 4 is 33.3 Å². The smallest absolute Gasteiger partial charge is 0.323 e. The molecule has 164 valence electrons. The number of pyridine rings is 1. The van der Waals surface area contributed by atoms with Gasteiger partial charge in [0.1, 0.15) is 0 Å². The summed E-state index contributed by atoms with van der Waals surface area (Å²) in [6, 6.07) is 10.3. The Morgan fingerprint density at radius 1 is 1.25 bits per heavy atom. The monoisotopic (exact) mass is 469 g/mol. The van der Waals surface area contributed by atoms with Crippen molar-refractivity contribution < 1.29 is 13.4 Å². The van der Waals surface area contributed by atoms with Crippen molar-refractivity contribution in [1.82, 2.24) is 14.9 Å². The number of rotatable bonds is 3. The maximum absolute atomic E-state index is 15.0. The lowest BCUT2D eigenvalue weighted by molar-refractivity contribution is 0.216. The summed E-state index contributed by atoms with van der Waals surface area (Å²) in [5.74, 6) is 0.445. The SMILES string of the molecule is Cc1cc(-c2sc(NC(=O)N3CCS(=O)CC3)nc2-c2cccc(C#N)c2)c(F)c(C)n1. The minimum absolute atomic E-state index is 0.275. The van der Waals surface area contributed by atoms with Gasteiger partial charge in [0.25, 0.3) is 0 Å². The molecule has 2 amide bonds. The quantitative estimate of drug-likeness (QED) is 0.623. The van der Waals surface area contributed by atoms with E-state index in [1.165, 1.54) is 0 Å². The molecule has 1 N–H and O–H groups in total. The van der Waals surface area contributed by atoms with Gasteiger partial charge in [-0.3, -0.25) is 14.5 Å². The molecule has 0 aliphatic carbocycles. The lowest BCUT2D eigenvalue weighted by atomic mass is 10.0. The van der Waals surface area contributed by atoms with Crippen molar-refractivity contribution in [2.45, 2.75) is 13.8 Å². The molecule has 0 radical (unpaired) electrons. The summed E-state index contributed by atoms with van der Waals surface area (Å²) in [5.41, 5.74) is 2.87. The number of hydrogen-bond acceptors (Lipinski definition) is 6. The molecule has 32 heavy (non-hydrogen) atoms. The first-order valence-electron chi connectivity index (χ1n) is 9.92. The molecular formula is C22H20FN5O2S2. The lowest BCUT2D eigenvalue weighted by Gasteiger charge is -2.25. The zero-order valence-electron chi connectivity index (χ0n) is 17.5. The van der Waals surface area contributed by atoms with Crippen molar-refractivity contribution in [1.29, 1.82) is 5.26 Å². The summed E-state index contributed by atoms with van der Waals surface area (Å²) < 4.78 is 26.6. The van der Waals surface area contributed by atoms with Gasteiger partial charge in [-0.2, -0.15) is 5.26 Å². The zero-order chi connectivity index (χ0) is 22.8. The summed E-state index contributed by atoms with van der Waals surface area (Å²) in [6.45, 7) is 4.21. The number of halogens is 1. The maximum Gasteiger partial charge on any atom is 0.323 e. The first-order chi connectivity index (χ1) is 15.4. The third kappa shape index (κ3) is 4.54. The number of hydrogen-bond donors (Lipinski definition) is 1. The van der Waals surface area contributed by atoms with E-state index >= 15 is 4.39 Å². The van der Waals surface area contributed by atoms with Gasteiger partial charge in [0.2, 0.25) is 0 Å². The molecule has 4 rings (SSSR count). The van der Waals surface area contributed by atoms with Crippen LogP contribution in [0.2, 0.25) is 0 Å². The molecule has 1 saturated heterocycles. The minimum atomic E-state index is -0.892. The van der Waals surface area contributed by atoms with Crippen LogP contribution in [0.25, 0.3) is 21.7 Å². The van der Waals surface area contributed by atoms with Crippen LogP contribution in [-0.2, 0) is 10.8 Å². The van der Waals surface area contributed by atoms with Crippen LogP contribution in [0.4, 0.5) is 14.3 Å². The molecule has 0 spiro atoms. The number of nitrogens with zero attached hydrogens (tertiary/aromatic N) is 4. The summed E-state index contributed by atoms with van der Waals surface area (Å²) in [7, 11) is -0.892. The van der Waals surface area contributed by atoms with Gasteiger partial charge in [-0.15, -0.1) is 0 Å². The highest BCUT2D eigenvalue weighted by Crippen LogP contribution is 2.41. The molecule has 1 aliphatic heterocycles. The van der Waals surface area contributed by atoms with Crippen LogP contribution in [0.1, 0.15) is 17.0 Å². The van der Waals surface area contributed by atoms with Crippen molar-refractivity contribution in [2.75, 3.05) is 29.9 Å². The van der Waals surface area contributed by atoms with E-state index in [-0.39, 0.29) is 11.7 Å². The number of benzene rings is 1. The number of aryl methyl sites for hydroxylation is 2. The van der Waals surface area contributed by atoms with Gasteiger partial charge < -0.3 is 4.90 Å². The topological polar surface area (TPSA) is 99.0 Å². The van der Waals surface area contributed by atoms with Crippen LogP contribution in [0.5, 0.6) is 0 Å². The number of thiazole rings is 1. The number of carbonyl (C=O) groups excluding carboxylic acids is 1. The van der Waals surface area contributed by atoms with E-state index < -0.39 is 16.6 Å². The second-order valence-electron chi connectivity index (χ2n) is 7.37. The van der Waals surface area contributed by atoms with Gasteiger partial charge in [0, 0.05) is 52.2 Å². The normalized spacial score (nSPS) is 14.2. The van der Waals surface area contributed by atoms with E-state index in [1.54, 1.807) is 49.1 Å². The molecule has 0 saturated carbocycles. The van der Waals surface area contributed by atoms with Gasteiger partial charge in [0.05, 0.1) is 27.9 Å². The lowest BCUT2D eigenvalue weighted by Crippen LogP contribution is -2.43. The Morgan fingerprint density at radius 3 is 2.72 bits per heavy atom. The Balaban J connectivity index is 1.76. The Kier molecular flexibility index (Phi) is 6.30. The number of carbonyl (C=O) groups is 1. The molecule has 0 atom stereocenters. The molecule has 10 heteroatoms. The highest BCUT2D eigenvalue weighted by molar-refractivity contribution is 7.85. The van der Waals surface area contributed by atoms with E-state index in [9.17, 15) is 14.3 Å². The van der Waals surface area contributed by atoms with Gasteiger partial charge in [-0.25, -0.2) is 14.2 Å². The third-order valence-electron chi connectivity index (χ3n) is 5.07. The Bertz CT molecular complexity index is 1260. The van der Waals surface area contributed by atoms with Crippen LogP contribution in [0, 0.1) is 31.0 Å². The Hall–Kier alpha value is -3.16. The second-order valence-corrected chi connectivity index (χ2v) is 10.1. The summed E-state index contributed by atoms with van der Waals surface area (Å²) in [5, 5.41) is 12.4. The molecule has 3 heterocycles. The summed E-state index contributed by atoms with van der Waals surface area (Å²) >= 11 is 1.16. The van der Waals surface area contributed by atoms with E-state index in [4.69, 9.17) is 0 Å². The van der Waals surface area contributed by atoms with Crippen molar-refractivity contribution in [3.63, 3.8) is 0 Å². The number of urea groups is 1. The first kappa shape index (κ1) is 22.0. The largest absolute Gasteiger partial charge is 0.323 e. The molecule has 7 nitrogen and oxygen atoms in total. The fraction of sp³-hybridized carbons (Fsp3) is 0.273. The zero-order valence-corrected chi connectivity index (χ0v) is 19.1. The summed E-state index contributed by atoms with van der Waals surface area (Å²) in [6.07, 6.45) is 0.